The van der Waals surface area contributed by atoms with Gasteiger partial charge >= 0.3 is 0 Å². The molecule has 0 amide bonds. The molecule has 0 radical (unpaired) electrons. The van der Waals surface area contributed by atoms with Gasteiger partial charge in [-0.1, -0.05) is 0 Å². The zero-order chi connectivity index (χ0) is 14.8. The van der Waals surface area contributed by atoms with E-state index in [4.69, 9.17) is 20.2 Å². The molecule has 0 aliphatic heterocycles. The van der Waals surface area contributed by atoms with Gasteiger partial charge in [-0.05, 0) is 37.8 Å². The van der Waals surface area contributed by atoms with Crippen LogP contribution in [0.4, 0.5) is 0 Å². The second-order valence-electron chi connectivity index (χ2n) is 5.21. The smallest absolute Gasteiger partial charge is 0.127 e. The Kier molecular flexibility index (Phi) is 4.12. The maximum Gasteiger partial charge on any atom is 0.127 e. The van der Waals surface area contributed by atoms with Crippen molar-refractivity contribution in [3.8, 4) is 11.5 Å². The fraction of sp³-hybridized carbons (Fsp3) is 0.438. The number of hydrogen-bond acceptors (Lipinski definition) is 5. The second-order valence-corrected chi connectivity index (χ2v) is 6.33. The third kappa shape index (κ3) is 2.76. The number of aryl methyl sites for hydroxylation is 2. The molecule has 0 saturated carbocycles. The Bertz CT molecular complexity index is 616. The van der Waals surface area contributed by atoms with Crippen molar-refractivity contribution < 1.29 is 9.47 Å². The molecule has 4 nitrogen and oxygen atoms in total. The first-order chi connectivity index (χ1) is 10.2. The molecule has 5 heteroatoms. The SMILES string of the molecule is COc1ccc(C(N)c2nc3c(s2)CCCC3)c(OC)c1. The average molecular weight is 304 g/mol. The summed E-state index contributed by atoms with van der Waals surface area (Å²) < 4.78 is 10.7. The first-order valence-corrected chi connectivity index (χ1v) is 8.00. The normalized spacial score (nSPS) is 15.4. The van der Waals surface area contributed by atoms with Crippen molar-refractivity contribution in [2.75, 3.05) is 14.2 Å². The topological polar surface area (TPSA) is 57.4 Å². The minimum atomic E-state index is -0.249. The molecule has 1 aromatic carbocycles. The third-order valence-electron chi connectivity index (χ3n) is 3.90. The molecular formula is C16H20N2O2S. The van der Waals surface area contributed by atoms with E-state index in [1.807, 2.05) is 18.2 Å². The molecule has 1 unspecified atom stereocenters. The quantitative estimate of drug-likeness (QED) is 0.943. The Labute approximate surface area is 128 Å². The summed E-state index contributed by atoms with van der Waals surface area (Å²) in [6.07, 6.45) is 4.71. The Morgan fingerprint density at radius 1 is 1.19 bits per heavy atom. The Morgan fingerprint density at radius 3 is 2.71 bits per heavy atom. The fourth-order valence-electron chi connectivity index (χ4n) is 2.71. The summed E-state index contributed by atoms with van der Waals surface area (Å²) in [7, 11) is 3.29. The molecule has 1 aliphatic rings. The van der Waals surface area contributed by atoms with Gasteiger partial charge in [-0.25, -0.2) is 4.98 Å². The van der Waals surface area contributed by atoms with Crippen LogP contribution in [-0.2, 0) is 12.8 Å². The largest absolute Gasteiger partial charge is 0.497 e. The Morgan fingerprint density at radius 2 is 2.00 bits per heavy atom. The third-order valence-corrected chi connectivity index (χ3v) is 5.14. The molecule has 2 aromatic rings. The van der Waals surface area contributed by atoms with Gasteiger partial charge in [0.1, 0.15) is 16.5 Å². The molecule has 3 rings (SSSR count). The van der Waals surface area contributed by atoms with Crippen LogP contribution in [0, 0.1) is 0 Å². The van der Waals surface area contributed by atoms with E-state index in [9.17, 15) is 0 Å². The van der Waals surface area contributed by atoms with Crippen LogP contribution >= 0.6 is 11.3 Å². The summed E-state index contributed by atoms with van der Waals surface area (Å²) >= 11 is 1.74. The lowest BCUT2D eigenvalue weighted by Gasteiger charge is -2.14. The molecule has 1 atom stereocenters. The highest BCUT2D eigenvalue weighted by molar-refractivity contribution is 7.11. The number of fused-ring (bicyclic) bond motifs is 1. The van der Waals surface area contributed by atoms with Gasteiger partial charge in [0.25, 0.3) is 0 Å². The lowest BCUT2D eigenvalue weighted by atomic mass is 10.0. The highest BCUT2D eigenvalue weighted by Gasteiger charge is 2.22. The van der Waals surface area contributed by atoms with Crippen LogP contribution in [0.25, 0.3) is 0 Å². The number of methoxy groups -OCH3 is 2. The van der Waals surface area contributed by atoms with E-state index in [0.717, 1.165) is 34.9 Å². The van der Waals surface area contributed by atoms with Crippen LogP contribution in [0.5, 0.6) is 11.5 Å². The number of benzene rings is 1. The van der Waals surface area contributed by atoms with Gasteiger partial charge in [0.05, 0.1) is 26.0 Å². The molecule has 0 saturated heterocycles. The van der Waals surface area contributed by atoms with Gasteiger partial charge in [0.2, 0.25) is 0 Å². The lowest BCUT2D eigenvalue weighted by molar-refractivity contribution is 0.390. The molecule has 0 spiro atoms. The van der Waals surface area contributed by atoms with Gasteiger partial charge < -0.3 is 15.2 Å². The summed E-state index contributed by atoms with van der Waals surface area (Å²) in [6, 6.07) is 5.48. The molecule has 1 aromatic heterocycles. The van der Waals surface area contributed by atoms with E-state index in [1.54, 1.807) is 25.6 Å². The first kappa shape index (κ1) is 14.4. The first-order valence-electron chi connectivity index (χ1n) is 7.19. The molecule has 0 bridgehead atoms. The summed E-state index contributed by atoms with van der Waals surface area (Å²) in [4.78, 5) is 6.15. The van der Waals surface area contributed by atoms with Crippen molar-refractivity contribution >= 4 is 11.3 Å². The zero-order valence-corrected chi connectivity index (χ0v) is 13.2. The number of aromatic nitrogens is 1. The zero-order valence-electron chi connectivity index (χ0n) is 12.4. The van der Waals surface area contributed by atoms with Gasteiger partial charge in [-0.15, -0.1) is 11.3 Å². The van der Waals surface area contributed by atoms with E-state index in [2.05, 4.69) is 0 Å². The maximum absolute atomic E-state index is 6.42. The van der Waals surface area contributed by atoms with Crippen LogP contribution < -0.4 is 15.2 Å². The van der Waals surface area contributed by atoms with Crippen molar-refractivity contribution in [2.45, 2.75) is 31.7 Å². The minimum absolute atomic E-state index is 0.249. The number of thiazole rings is 1. The summed E-state index contributed by atoms with van der Waals surface area (Å²) in [6.45, 7) is 0. The van der Waals surface area contributed by atoms with Crippen molar-refractivity contribution in [3.63, 3.8) is 0 Å². The van der Waals surface area contributed by atoms with E-state index >= 15 is 0 Å². The van der Waals surface area contributed by atoms with Gasteiger partial charge in [-0.3, -0.25) is 0 Å². The molecule has 1 aliphatic carbocycles. The van der Waals surface area contributed by atoms with E-state index in [0.29, 0.717) is 0 Å². The van der Waals surface area contributed by atoms with Crippen LogP contribution in [0.15, 0.2) is 18.2 Å². The van der Waals surface area contributed by atoms with Gasteiger partial charge in [-0.2, -0.15) is 0 Å². The number of hydrogen-bond donors (Lipinski definition) is 1. The summed E-state index contributed by atoms with van der Waals surface area (Å²) in [5.74, 6) is 1.51. The Balaban J connectivity index is 1.94. The standard InChI is InChI=1S/C16H20N2O2S/c1-19-10-7-8-11(13(9-10)20-2)15(17)16-18-12-5-3-4-6-14(12)21-16/h7-9,15H,3-6,17H2,1-2H3. The van der Waals surface area contributed by atoms with Crippen LogP contribution in [0.3, 0.4) is 0 Å². The highest BCUT2D eigenvalue weighted by atomic mass is 32.1. The molecule has 21 heavy (non-hydrogen) atoms. The van der Waals surface area contributed by atoms with E-state index < -0.39 is 0 Å². The molecule has 2 N–H and O–H groups in total. The van der Waals surface area contributed by atoms with Crippen molar-refractivity contribution in [1.29, 1.82) is 0 Å². The van der Waals surface area contributed by atoms with Crippen molar-refractivity contribution in [1.82, 2.24) is 4.98 Å². The van der Waals surface area contributed by atoms with Crippen LogP contribution in [0.2, 0.25) is 0 Å². The second kappa shape index (κ2) is 6.03. The van der Waals surface area contributed by atoms with E-state index in [1.165, 1.54) is 23.4 Å². The molecule has 112 valence electrons. The lowest BCUT2D eigenvalue weighted by Crippen LogP contribution is -2.13. The van der Waals surface area contributed by atoms with E-state index in [-0.39, 0.29) is 6.04 Å². The van der Waals surface area contributed by atoms with Crippen LogP contribution in [-0.4, -0.2) is 19.2 Å². The average Bonchev–Trinajstić information content (AvgIpc) is 2.97. The molecule has 0 fully saturated rings. The van der Waals surface area contributed by atoms with Crippen LogP contribution in [0.1, 0.15) is 40.0 Å². The van der Waals surface area contributed by atoms with Gasteiger partial charge in [0.15, 0.2) is 0 Å². The minimum Gasteiger partial charge on any atom is -0.497 e. The van der Waals surface area contributed by atoms with Crippen molar-refractivity contribution in [2.24, 2.45) is 5.73 Å². The Hall–Kier alpha value is -1.59. The molecule has 1 heterocycles. The van der Waals surface area contributed by atoms with Crippen molar-refractivity contribution in [3.05, 3.63) is 39.3 Å². The number of rotatable bonds is 4. The predicted octanol–water partition coefficient (Wildman–Crippen LogP) is 3.09. The fourth-order valence-corrected chi connectivity index (χ4v) is 3.89. The number of ether oxygens (including phenoxy) is 2. The number of nitrogens with two attached hydrogens (primary N) is 1. The predicted molar refractivity (Wildman–Crippen MR) is 84.3 cm³/mol. The summed E-state index contributed by atoms with van der Waals surface area (Å²) in [5.41, 5.74) is 8.61. The maximum atomic E-state index is 6.42. The van der Waals surface area contributed by atoms with Gasteiger partial charge in [0, 0.05) is 16.5 Å². The summed E-state index contributed by atoms with van der Waals surface area (Å²) in [5, 5.41) is 0.977. The highest BCUT2D eigenvalue weighted by Crippen LogP contribution is 2.35. The monoisotopic (exact) mass is 304 g/mol. The number of nitrogens with zero attached hydrogens (tertiary/aromatic N) is 1. The molecular weight excluding hydrogens is 284 g/mol.